The molecule has 0 aromatic heterocycles. The summed E-state index contributed by atoms with van der Waals surface area (Å²) in [5.74, 6) is 0.524. The number of anilines is 1. The van der Waals surface area contributed by atoms with Gasteiger partial charge in [0.15, 0.2) is 5.78 Å². The first-order valence-electron chi connectivity index (χ1n) is 13.3. The maximum absolute atomic E-state index is 13.1. The van der Waals surface area contributed by atoms with Crippen molar-refractivity contribution in [1.82, 2.24) is 9.80 Å². The number of morpholine rings is 1. The van der Waals surface area contributed by atoms with Gasteiger partial charge in [-0.15, -0.1) is 0 Å². The molecule has 0 bridgehead atoms. The average Bonchev–Trinajstić information content (AvgIpc) is 2.88. The van der Waals surface area contributed by atoms with Gasteiger partial charge in [-0.25, -0.2) is 0 Å². The molecule has 5 rings (SSSR count). The van der Waals surface area contributed by atoms with E-state index in [-0.39, 0.29) is 17.6 Å². The molecular weight excluding hydrogens is 509 g/mol. The molecule has 1 amide bonds. The molecule has 2 saturated heterocycles. The topological polar surface area (TPSA) is 53.1 Å². The van der Waals surface area contributed by atoms with Crippen LogP contribution < -0.4 is 4.90 Å². The molecule has 37 heavy (non-hydrogen) atoms. The number of piperazine rings is 1. The van der Waals surface area contributed by atoms with Gasteiger partial charge in [0.05, 0.1) is 23.2 Å². The van der Waals surface area contributed by atoms with Gasteiger partial charge in [0, 0.05) is 56.4 Å². The Morgan fingerprint density at radius 1 is 0.973 bits per heavy atom. The third kappa shape index (κ3) is 5.83. The minimum atomic E-state index is -0.606. The van der Waals surface area contributed by atoms with Crippen LogP contribution in [0.15, 0.2) is 42.5 Å². The van der Waals surface area contributed by atoms with Gasteiger partial charge in [0.1, 0.15) is 5.60 Å². The summed E-state index contributed by atoms with van der Waals surface area (Å²) in [5, 5.41) is 1.03. The summed E-state index contributed by atoms with van der Waals surface area (Å²) in [6.07, 6.45) is 3.91. The Morgan fingerprint density at radius 2 is 1.70 bits per heavy atom. The van der Waals surface area contributed by atoms with E-state index in [9.17, 15) is 9.59 Å². The van der Waals surface area contributed by atoms with E-state index in [0.29, 0.717) is 29.7 Å². The predicted molar refractivity (Wildman–Crippen MR) is 148 cm³/mol. The summed E-state index contributed by atoms with van der Waals surface area (Å²) in [7, 11) is 0. The maximum Gasteiger partial charge on any atom is 0.225 e. The number of ketones is 1. The van der Waals surface area contributed by atoms with Gasteiger partial charge in [-0.05, 0) is 68.1 Å². The van der Waals surface area contributed by atoms with E-state index in [1.54, 1.807) is 6.92 Å². The molecule has 3 aliphatic rings. The van der Waals surface area contributed by atoms with Gasteiger partial charge in [-0.1, -0.05) is 35.7 Å². The predicted octanol–water partition coefficient (Wildman–Crippen LogP) is 5.26. The minimum Gasteiger partial charge on any atom is -0.369 e. The third-order valence-corrected chi connectivity index (χ3v) is 8.98. The second-order valence-corrected chi connectivity index (χ2v) is 11.4. The van der Waals surface area contributed by atoms with Crippen molar-refractivity contribution in [3.63, 3.8) is 0 Å². The summed E-state index contributed by atoms with van der Waals surface area (Å²) < 4.78 is 6.51. The lowest BCUT2D eigenvalue weighted by atomic mass is 9.83. The van der Waals surface area contributed by atoms with Crippen molar-refractivity contribution in [2.24, 2.45) is 5.92 Å². The van der Waals surface area contributed by atoms with Crippen molar-refractivity contribution in [2.45, 2.75) is 38.2 Å². The molecule has 6 nitrogen and oxygen atoms in total. The highest BCUT2D eigenvalue weighted by Crippen LogP contribution is 2.38. The number of Topliss-reactive ketones (excluding diaryl/α,β-unsaturated/α-hetero) is 1. The Bertz CT molecular complexity index is 1130. The first-order valence-corrected chi connectivity index (χ1v) is 14.1. The van der Waals surface area contributed by atoms with Gasteiger partial charge >= 0.3 is 0 Å². The molecule has 2 aromatic carbocycles. The van der Waals surface area contributed by atoms with Crippen LogP contribution in [0.3, 0.4) is 0 Å². The molecule has 0 unspecified atom stereocenters. The number of benzene rings is 2. The lowest BCUT2D eigenvalue weighted by Crippen LogP contribution is -2.55. The van der Waals surface area contributed by atoms with Crippen molar-refractivity contribution < 1.29 is 14.3 Å². The Kier molecular flexibility index (Phi) is 8.10. The van der Waals surface area contributed by atoms with Crippen LogP contribution in [-0.4, -0.2) is 73.9 Å². The quantitative estimate of drug-likeness (QED) is 0.445. The van der Waals surface area contributed by atoms with E-state index < -0.39 is 5.60 Å². The molecule has 198 valence electrons. The molecule has 2 aromatic rings. The number of hydrogen-bond acceptors (Lipinski definition) is 5. The number of nitrogens with zero attached hydrogens (tertiary/aromatic N) is 3. The number of carbonyl (C=O) groups is 2. The largest absolute Gasteiger partial charge is 0.369 e. The van der Waals surface area contributed by atoms with Crippen LogP contribution in [0, 0.1) is 5.92 Å². The standard InChI is InChI=1S/C29H35Cl2N3O3/c1-21(35)22-5-8-25(9-6-22)33-15-13-32(14-16-33)12-11-29(24-7-10-26(30)27(31)19-24)20-34(17-18-37-29)28(36)23-3-2-4-23/h5-10,19,23H,2-4,11-18,20H2,1H3/t29-/m0/s1. The number of amides is 1. The molecule has 0 spiro atoms. The van der Waals surface area contributed by atoms with Crippen LogP contribution in [0.2, 0.25) is 10.0 Å². The zero-order chi connectivity index (χ0) is 26.0. The lowest BCUT2D eigenvalue weighted by Gasteiger charge is -2.46. The Morgan fingerprint density at radius 3 is 2.32 bits per heavy atom. The van der Waals surface area contributed by atoms with Gasteiger partial charge in [0.25, 0.3) is 0 Å². The van der Waals surface area contributed by atoms with E-state index in [2.05, 4.69) is 9.80 Å². The van der Waals surface area contributed by atoms with E-state index in [0.717, 1.165) is 75.2 Å². The minimum absolute atomic E-state index is 0.0881. The molecular formula is C29H35Cl2N3O3. The number of rotatable bonds is 7. The van der Waals surface area contributed by atoms with Crippen molar-refractivity contribution in [3.05, 3.63) is 63.6 Å². The Labute approximate surface area is 229 Å². The normalized spacial score (nSPS) is 23.1. The number of halogens is 2. The average molecular weight is 545 g/mol. The van der Waals surface area contributed by atoms with E-state index >= 15 is 0 Å². The van der Waals surface area contributed by atoms with Crippen LogP contribution in [0.4, 0.5) is 5.69 Å². The van der Waals surface area contributed by atoms with Gasteiger partial charge in [0.2, 0.25) is 5.91 Å². The monoisotopic (exact) mass is 543 g/mol. The smallest absolute Gasteiger partial charge is 0.225 e. The highest BCUT2D eigenvalue weighted by molar-refractivity contribution is 6.42. The van der Waals surface area contributed by atoms with Crippen LogP contribution in [0.25, 0.3) is 0 Å². The van der Waals surface area contributed by atoms with Gasteiger partial charge in [-0.3, -0.25) is 14.5 Å². The lowest BCUT2D eigenvalue weighted by molar-refractivity contribution is -0.160. The second-order valence-electron chi connectivity index (χ2n) is 10.5. The molecule has 0 N–H and O–H groups in total. The van der Waals surface area contributed by atoms with E-state index in [1.165, 1.54) is 0 Å². The van der Waals surface area contributed by atoms with Crippen LogP contribution in [-0.2, 0) is 15.1 Å². The highest BCUT2D eigenvalue weighted by atomic mass is 35.5. The molecule has 2 heterocycles. The third-order valence-electron chi connectivity index (χ3n) is 8.24. The first-order chi connectivity index (χ1) is 17.8. The maximum atomic E-state index is 13.1. The zero-order valence-corrected chi connectivity index (χ0v) is 22.9. The van der Waals surface area contributed by atoms with E-state index in [1.807, 2.05) is 47.4 Å². The number of carbonyl (C=O) groups excluding carboxylic acids is 2. The Hall–Kier alpha value is -2.12. The fourth-order valence-corrected chi connectivity index (χ4v) is 5.91. The summed E-state index contributed by atoms with van der Waals surface area (Å²) in [6.45, 7) is 7.89. The van der Waals surface area contributed by atoms with Crippen molar-refractivity contribution in [1.29, 1.82) is 0 Å². The van der Waals surface area contributed by atoms with Crippen LogP contribution in [0.1, 0.15) is 48.5 Å². The summed E-state index contributed by atoms with van der Waals surface area (Å²) >= 11 is 12.7. The second kappa shape index (κ2) is 11.3. The van der Waals surface area contributed by atoms with Crippen LogP contribution in [0.5, 0.6) is 0 Å². The summed E-state index contributed by atoms with van der Waals surface area (Å²) in [4.78, 5) is 31.6. The Balaban J connectivity index is 1.26. The number of hydrogen-bond donors (Lipinski definition) is 0. The molecule has 0 radical (unpaired) electrons. The zero-order valence-electron chi connectivity index (χ0n) is 21.4. The molecule has 2 aliphatic heterocycles. The van der Waals surface area contributed by atoms with Crippen molar-refractivity contribution >= 4 is 40.6 Å². The summed E-state index contributed by atoms with van der Waals surface area (Å²) in [6, 6.07) is 13.6. The molecule has 1 aliphatic carbocycles. The molecule has 1 atom stereocenters. The SMILES string of the molecule is CC(=O)c1ccc(N2CCN(CC[C@@]3(c4ccc(Cl)c(Cl)c4)CN(C(=O)C4CCC4)CCO3)CC2)cc1. The summed E-state index contributed by atoms with van der Waals surface area (Å²) in [5.41, 5.74) is 2.27. The van der Waals surface area contributed by atoms with Crippen molar-refractivity contribution in [3.8, 4) is 0 Å². The van der Waals surface area contributed by atoms with Gasteiger partial charge in [-0.2, -0.15) is 0 Å². The van der Waals surface area contributed by atoms with Crippen LogP contribution >= 0.6 is 23.2 Å². The van der Waals surface area contributed by atoms with E-state index in [4.69, 9.17) is 27.9 Å². The molecule has 8 heteroatoms. The fourth-order valence-electron chi connectivity index (χ4n) is 5.61. The molecule has 1 saturated carbocycles. The van der Waals surface area contributed by atoms with Gasteiger partial charge < -0.3 is 14.5 Å². The fraction of sp³-hybridized carbons (Fsp3) is 0.517. The first kappa shape index (κ1) is 26.5. The number of ether oxygens (including phenoxy) is 1. The van der Waals surface area contributed by atoms with Crippen molar-refractivity contribution in [2.75, 3.05) is 57.3 Å². The highest BCUT2D eigenvalue weighted by Gasteiger charge is 2.42. The molecule has 3 fully saturated rings.